The summed E-state index contributed by atoms with van der Waals surface area (Å²) in [5.41, 5.74) is 1.04. The molecule has 0 spiro atoms. The zero-order chi connectivity index (χ0) is 20.8. The lowest BCUT2D eigenvalue weighted by atomic mass is 10.1. The van der Waals surface area contributed by atoms with Crippen molar-refractivity contribution in [3.05, 3.63) is 17.7 Å². The zero-order valence-corrected chi connectivity index (χ0v) is 20.9. The first-order valence-electron chi connectivity index (χ1n) is 9.51. The van der Waals surface area contributed by atoms with E-state index in [9.17, 15) is 0 Å². The first kappa shape index (κ1) is 27.5. The summed E-state index contributed by atoms with van der Waals surface area (Å²) in [5, 5.41) is 6.67. The van der Waals surface area contributed by atoms with Crippen molar-refractivity contribution in [1.82, 2.24) is 15.5 Å². The number of hydrogen-bond acceptors (Lipinski definition) is 6. The third-order valence-electron chi connectivity index (χ3n) is 4.37. The third kappa shape index (κ3) is 9.72. The molecule has 0 aliphatic rings. The van der Waals surface area contributed by atoms with Gasteiger partial charge in [-0.2, -0.15) is 0 Å². The van der Waals surface area contributed by atoms with E-state index in [0.717, 1.165) is 57.2 Å². The summed E-state index contributed by atoms with van der Waals surface area (Å²) in [4.78, 5) is 6.55. The van der Waals surface area contributed by atoms with E-state index in [2.05, 4.69) is 27.6 Å². The van der Waals surface area contributed by atoms with Crippen molar-refractivity contribution >= 4 is 29.9 Å². The number of rotatable bonds is 13. The Balaban J connectivity index is 0.00000784. The average Bonchev–Trinajstić information content (AvgIpc) is 2.71. The summed E-state index contributed by atoms with van der Waals surface area (Å²) >= 11 is 0. The normalized spacial score (nSPS) is 11.1. The Bertz CT molecular complexity index is 602. The van der Waals surface area contributed by atoms with Gasteiger partial charge in [0.25, 0.3) is 0 Å². The molecule has 0 saturated carbocycles. The molecule has 0 fully saturated rings. The molecule has 0 heterocycles. The number of aliphatic imine (C=N–C) groups is 1. The minimum atomic E-state index is 0. The highest BCUT2D eigenvalue weighted by atomic mass is 127. The molecule has 0 radical (unpaired) electrons. The largest absolute Gasteiger partial charge is 0.493 e. The van der Waals surface area contributed by atoms with Crippen molar-refractivity contribution in [1.29, 1.82) is 0 Å². The second-order valence-corrected chi connectivity index (χ2v) is 6.32. The number of hydrogen-bond donors (Lipinski definition) is 2. The van der Waals surface area contributed by atoms with Gasteiger partial charge in [-0.3, -0.25) is 4.99 Å². The summed E-state index contributed by atoms with van der Waals surface area (Å²) in [5.74, 6) is 2.75. The van der Waals surface area contributed by atoms with E-state index in [0.29, 0.717) is 17.2 Å². The summed E-state index contributed by atoms with van der Waals surface area (Å²) in [6.45, 7) is 4.28. The lowest BCUT2D eigenvalue weighted by molar-refractivity contribution is 0.180. The smallest absolute Gasteiger partial charge is 0.203 e. The number of halogens is 1. The van der Waals surface area contributed by atoms with Crippen LogP contribution in [0.2, 0.25) is 0 Å². The van der Waals surface area contributed by atoms with Crippen LogP contribution >= 0.6 is 24.0 Å². The molecule has 0 saturated heterocycles. The maximum Gasteiger partial charge on any atom is 0.203 e. The number of ether oxygens (including phenoxy) is 4. The number of nitrogens with zero attached hydrogens (tertiary/aromatic N) is 2. The molecule has 1 aromatic rings. The number of likely N-dealkylation sites (N-methyl/N-ethyl adjacent to an activating group) is 1. The van der Waals surface area contributed by atoms with Crippen molar-refractivity contribution in [3.63, 3.8) is 0 Å². The molecule has 168 valence electrons. The van der Waals surface area contributed by atoms with E-state index >= 15 is 0 Å². The van der Waals surface area contributed by atoms with Crippen molar-refractivity contribution < 1.29 is 18.9 Å². The van der Waals surface area contributed by atoms with Gasteiger partial charge >= 0.3 is 0 Å². The van der Waals surface area contributed by atoms with Crippen LogP contribution in [0.4, 0.5) is 0 Å². The molecule has 0 aliphatic heterocycles. The van der Waals surface area contributed by atoms with Crippen LogP contribution in [0.3, 0.4) is 0 Å². The Labute approximate surface area is 192 Å². The van der Waals surface area contributed by atoms with Crippen LogP contribution in [0.5, 0.6) is 17.2 Å². The number of methoxy groups -OCH3 is 4. The van der Waals surface area contributed by atoms with Crippen molar-refractivity contribution in [2.75, 3.05) is 75.3 Å². The Morgan fingerprint density at radius 2 is 1.66 bits per heavy atom. The van der Waals surface area contributed by atoms with E-state index in [-0.39, 0.29) is 24.0 Å². The summed E-state index contributed by atoms with van der Waals surface area (Å²) in [6, 6.07) is 3.89. The molecule has 0 atom stereocenters. The maximum atomic E-state index is 5.53. The van der Waals surface area contributed by atoms with Gasteiger partial charge in [0.15, 0.2) is 17.5 Å². The highest BCUT2D eigenvalue weighted by Gasteiger charge is 2.15. The van der Waals surface area contributed by atoms with Gasteiger partial charge in [-0.05, 0) is 26.0 Å². The van der Waals surface area contributed by atoms with Gasteiger partial charge in [0.05, 0.1) is 21.3 Å². The molecule has 29 heavy (non-hydrogen) atoms. The number of nitrogens with one attached hydrogen (secondary N) is 2. The third-order valence-corrected chi connectivity index (χ3v) is 4.37. The van der Waals surface area contributed by atoms with Gasteiger partial charge in [-0.1, -0.05) is 6.07 Å². The maximum absolute atomic E-state index is 5.53. The standard InChI is InChI=1S/C20H36N4O4.HI/c1-21-20(23-12-14-24(2)13-7-15-25-3)22-11-10-16-8-9-17(26-4)19(28-6)18(16)27-5;/h8-9H,7,10-15H2,1-6H3,(H2,21,22,23);1H. The van der Waals surface area contributed by atoms with Crippen molar-refractivity contribution in [2.24, 2.45) is 4.99 Å². The predicted octanol–water partition coefficient (Wildman–Crippen LogP) is 2.01. The molecule has 0 bridgehead atoms. The van der Waals surface area contributed by atoms with E-state index in [1.165, 1.54) is 0 Å². The van der Waals surface area contributed by atoms with Crippen LogP contribution in [0.15, 0.2) is 17.1 Å². The minimum absolute atomic E-state index is 0. The minimum Gasteiger partial charge on any atom is -0.493 e. The fraction of sp³-hybridized carbons (Fsp3) is 0.650. The van der Waals surface area contributed by atoms with Gasteiger partial charge in [0, 0.05) is 52.5 Å². The lowest BCUT2D eigenvalue weighted by Gasteiger charge is -2.18. The topological polar surface area (TPSA) is 76.6 Å². The fourth-order valence-corrected chi connectivity index (χ4v) is 2.85. The summed E-state index contributed by atoms with van der Waals surface area (Å²) in [7, 11) is 10.5. The molecule has 0 aliphatic carbocycles. The fourth-order valence-electron chi connectivity index (χ4n) is 2.85. The Hall–Kier alpha value is -1.46. The van der Waals surface area contributed by atoms with Gasteiger partial charge < -0.3 is 34.5 Å². The van der Waals surface area contributed by atoms with E-state index in [1.807, 2.05) is 12.1 Å². The predicted molar refractivity (Wildman–Crippen MR) is 129 cm³/mol. The van der Waals surface area contributed by atoms with Gasteiger partial charge in [-0.15, -0.1) is 24.0 Å². The Morgan fingerprint density at radius 1 is 0.966 bits per heavy atom. The quantitative estimate of drug-likeness (QED) is 0.177. The molecule has 1 rings (SSSR count). The monoisotopic (exact) mass is 524 g/mol. The first-order valence-corrected chi connectivity index (χ1v) is 9.51. The van der Waals surface area contributed by atoms with Crippen LogP contribution in [0.25, 0.3) is 0 Å². The van der Waals surface area contributed by atoms with E-state index < -0.39 is 0 Å². The zero-order valence-electron chi connectivity index (χ0n) is 18.5. The van der Waals surface area contributed by atoms with E-state index in [1.54, 1.807) is 35.5 Å². The van der Waals surface area contributed by atoms with Gasteiger partial charge in [0.2, 0.25) is 5.75 Å². The second kappa shape index (κ2) is 16.3. The van der Waals surface area contributed by atoms with Crippen molar-refractivity contribution in [3.8, 4) is 17.2 Å². The van der Waals surface area contributed by atoms with Crippen LogP contribution in [-0.4, -0.2) is 86.2 Å². The molecule has 0 aromatic heterocycles. The number of guanidine groups is 1. The van der Waals surface area contributed by atoms with Crippen molar-refractivity contribution in [2.45, 2.75) is 12.8 Å². The Kier molecular flexibility index (Phi) is 15.5. The summed E-state index contributed by atoms with van der Waals surface area (Å²) < 4.78 is 21.4. The highest BCUT2D eigenvalue weighted by Crippen LogP contribution is 2.39. The van der Waals surface area contributed by atoms with Crippen LogP contribution in [0.1, 0.15) is 12.0 Å². The summed E-state index contributed by atoms with van der Waals surface area (Å²) in [6.07, 6.45) is 1.80. The molecule has 0 amide bonds. The SMILES string of the molecule is CN=C(NCCc1ccc(OC)c(OC)c1OC)NCCN(C)CCCOC.I. The average molecular weight is 524 g/mol. The highest BCUT2D eigenvalue weighted by molar-refractivity contribution is 14.0. The van der Waals surface area contributed by atoms with E-state index in [4.69, 9.17) is 18.9 Å². The molecule has 2 N–H and O–H groups in total. The number of benzene rings is 1. The second-order valence-electron chi connectivity index (χ2n) is 6.32. The van der Waals surface area contributed by atoms with Crippen LogP contribution in [-0.2, 0) is 11.2 Å². The first-order chi connectivity index (χ1) is 13.6. The lowest BCUT2D eigenvalue weighted by Crippen LogP contribution is -2.41. The molecule has 8 nitrogen and oxygen atoms in total. The van der Waals surface area contributed by atoms with Crippen LogP contribution in [0, 0.1) is 0 Å². The molecule has 9 heteroatoms. The molecule has 0 unspecified atom stereocenters. The van der Waals surface area contributed by atoms with Gasteiger partial charge in [-0.25, -0.2) is 0 Å². The van der Waals surface area contributed by atoms with Crippen LogP contribution < -0.4 is 24.8 Å². The molecule has 1 aromatic carbocycles. The molecular formula is C20H37IN4O4. The molecular weight excluding hydrogens is 487 g/mol. The Morgan fingerprint density at radius 3 is 2.24 bits per heavy atom. The van der Waals surface area contributed by atoms with Gasteiger partial charge in [0.1, 0.15) is 0 Å².